The molecule has 1 fully saturated rings. The molecule has 1 saturated heterocycles. The van der Waals surface area contributed by atoms with Gasteiger partial charge in [-0.15, -0.1) is 0 Å². The number of nitrogens with one attached hydrogen (secondary N) is 1. The largest absolute Gasteiger partial charge is 0.377 e. The molecule has 2 aliphatic rings. The first kappa shape index (κ1) is 11.2. The second-order valence-electron chi connectivity index (χ2n) is 5.31. The zero-order valence-electron chi connectivity index (χ0n) is 10.5. The summed E-state index contributed by atoms with van der Waals surface area (Å²) in [5, 5.41) is 3.61. The Hall–Kier alpha value is -0.860. The molecule has 0 bridgehead atoms. The van der Waals surface area contributed by atoms with Gasteiger partial charge in [0.15, 0.2) is 0 Å². The fraction of sp³-hybridized carbons (Fsp3) is 0.600. The molecule has 1 N–H and O–H groups in total. The third-order valence-corrected chi connectivity index (χ3v) is 4.11. The van der Waals surface area contributed by atoms with Gasteiger partial charge in [0.05, 0.1) is 6.10 Å². The molecule has 1 aliphatic heterocycles. The highest BCUT2D eigenvalue weighted by Gasteiger charge is 2.23. The van der Waals surface area contributed by atoms with Gasteiger partial charge in [-0.3, -0.25) is 0 Å². The Morgan fingerprint density at radius 2 is 2.18 bits per heavy atom. The van der Waals surface area contributed by atoms with E-state index in [1.54, 1.807) is 11.1 Å². The molecule has 0 spiro atoms. The van der Waals surface area contributed by atoms with E-state index in [0.717, 1.165) is 19.6 Å². The van der Waals surface area contributed by atoms with Crippen LogP contribution in [-0.4, -0.2) is 18.8 Å². The number of fused-ring (bicyclic) bond motifs is 1. The van der Waals surface area contributed by atoms with Gasteiger partial charge in [-0.2, -0.15) is 0 Å². The van der Waals surface area contributed by atoms with Crippen LogP contribution in [0.2, 0.25) is 0 Å². The van der Waals surface area contributed by atoms with Crippen molar-refractivity contribution in [1.82, 2.24) is 5.32 Å². The fourth-order valence-corrected chi connectivity index (χ4v) is 2.98. The van der Waals surface area contributed by atoms with E-state index in [1.807, 2.05) is 0 Å². The van der Waals surface area contributed by atoms with Crippen LogP contribution >= 0.6 is 0 Å². The van der Waals surface area contributed by atoms with E-state index < -0.39 is 0 Å². The van der Waals surface area contributed by atoms with Crippen LogP contribution in [0.5, 0.6) is 0 Å². The smallest absolute Gasteiger partial charge is 0.0700 e. The van der Waals surface area contributed by atoms with E-state index in [4.69, 9.17) is 4.74 Å². The van der Waals surface area contributed by atoms with Gasteiger partial charge >= 0.3 is 0 Å². The molecule has 1 aliphatic carbocycles. The lowest BCUT2D eigenvalue weighted by Gasteiger charge is -2.16. The predicted octanol–water partition coefficient (Wildman–Crippen LogP) is 2.44. The van der Waals surface area contributed by atoms with Crippen LogP contribution in [0.1, 0.15) is 36.5 Å². The molecule has 17 heavy (non-hydrogen) atoms. The van der Waals surface area contributed by atoms with Gasteiger partial charge < -0.3 is 10.1 Å². The molecule has 2 nitrogen and oxygen atoms in total. The molecule has 0 radical (unpaired) electrons. The van der Waals surface area contributed by atoms with Crippen molar-refractivity contribution < 1.29 is 4.74 Å². The minimum Gasteiger partial charge on any atom is -0.377 e. The van der Waals surface area contributed by atoms with Crippen molar-refractivity contribution in [1.29, 1.82) is 0 Å². The zero-order chi connectivity index (χ0) is 11.7. The minimum atomic E-state index is 0.365. The van der Waals surface area contributed by atoms with Crippen molar-refractivity contribution in [3.05, 3.63) is 34.9 Å². The topological polar surface area (TPSA) is 21.3 Å². The Bertz CT molecular complexity index is 402. The van der Waals surface area contributed by atoms with Crippen molar-refractivity contribution in [2.75, 3.05) is 6.61 Å². The van der Waals surface area contributed by atoms with E-state index in [9.17, 15) is 0 Å². The predicted molar refractivity (Wildman–Crippen MR) is 69.1 cm³/mol. The van der Waals surface area contributed by atoms with E-state index in [1.165, 1.54) is 24.8 Å². The lowest BCUT2D eigenvalue weighted by Crippen LogP contribution is -2.34. The van der Waals surface area contributed by atoms with Crippen LogP contribution in [0.25, 0.3) is 0 Å². The Kier molecular flexibility index (Phi) is 3.17. The fourth-order valence-electron chi connectivity index (χ4n) is 2.98. The number of hydrogen-bond donors (Lipinski definition) is 1. The average Bonchev–Trinajstić information content (AvgIpc) is 2.94. The van der Waals surface area contributed by atoms with E-state index in [-0.39, 0.29) is 0 Å². The van der Waals surface area contributed by atoms with Crippen LogP contribution in [0.4, 0.5) is 0 Å². The standard InChI is InChI=1S/C15H21NO/c1-11-15(7-8-17-11)16-10-12-5-6-13-3-2-4-14(13)9-12/h5-6,9,11,15-16H,2-4,7-8,10H2,1H3. The van der Waals surface area contributed by atoms with Crippen molar-refractivity contribution in [2.24, 2.45) is 0 Å². The number of benzene rings is 1. The molecule has 0 aromatic heterocycles. The van der Waals surface area contributed by atoms with Crippen LogP contribution in [0.3, 0.4) is 0 Å². The van der Waals surface area contributed by atoms with Gasteiger partial charge in [0.1, 0.15) is 0 Å². The molecule has 0 amide bonds. The van der Waals surface area contributed by atoms with Crippen LogP contribution < -0.4 is 5.32 Å². The normalized spacial score (nSPS) is 27.4. The first-order chi connectivity index (χ1) is 8.33. The minimum absolute atomic E-state index is 0.365. The van der Waals surface area contributed by atoms with E-state index >= 15 is 0 Å². The second kappa shape index (κ2) is 4.79. The molecular weight excluding hydrogens is 210 g/mol. The second-order valence-corrected chi connectivity index (χ2v) is 5.31. The zero-order valence-corrected chi connectivity index (χ0v) is 10.5. The molecular formula is C15H21NO. The molecule has 0 saturated carbocycles. The van der Waals surface area contributed by atoms with Gasteiger partial charge in [0, 0.05) is 19.2 Å². The van der Waals surface area contributed by atoms with Gasteiger partial charge in [-0.25, -0.2) is 0 Å². The van der Waals surface area contributed by atoms with Crippen LogP contribution in [0.15, 0.2) is 18.2 Å². The monoisotopic (exact) mass is 231 g/mol. The first-order valence-electron chi connectivity index (χ1n) is 6.78. The van der Waals surface area contributed by atoms with Gasteiger partial charge in [-0.1, -0.05) is 18.2 Å². The summed E-state index contributed by atoms with van der Waals surface area (Å²) in [5.74, 6) is 0. The summed E-state index contributed by atoms with van der Waals surface area (Å²) >= 11 is 0. The molecule has 1 heterocycles. The highest BCUT2D eigenvalue weighted by molar-refractivity contribution is 5.35. The summed E-state index contributed by atoms with van der Waals surface area (Å²) < 4.78 is 5.57. The Balaban J connectivity index is 1.61. The third-order valence-electron chi connectivity index (χ3n) is 4.11. The van der Waals surface area contributed by atoms with Gasteiger partial charge in [0.2, 0.25) is 0 Å². The summed E-state index contributed by atoms with van der Waals surface area (Å²) in [7, 11) is 0. The Labute approximate surface area is 103 Å². The first-order valence-corrected chi connectivity index (χ1v) is 6.78. The number of aryl methyl sites for hydroxylation is 2. The molecule has 1 aromatic carbocycles. The SMILES string of the molecule is CC1OCCC1NCc1ccc2c(c1)CCC2. The van der Waals surface area contributed by atoms with Crippen molar-refractivity contribution in [3.8, 4) is 0 Å². The van der Waals surface area contributed by atoms with Crippen molar-refractivity contribution in [3.63, 3.8) is 0 Å². The van der Waals surface area contributed by atoms with Gasteiger partial charge in [0.25, 0.3) is 0 Å². The van der Waals surface area contributed by atoms with E-state index in [0.29, 0.717) is 12.1 Å². The molecule has 92 valence electrons. The maximum atomic E-state index is 5.57. The average molecular weight is 231 g/mol. The maximum absolute atomic E-state index is 5.57. The molecule has 2 heteroatoms. The summed E-state index contributed by atoms with van der Waals surface area (Å²) in [6.07, 6.45) is 5.39. The Morgan fingerprint density at radius 1 is 1.29 bits per heavy atom. The highest BCUT2D eigenvalue weighted by atomic mass is 16.5. The molecule has 1 aromatic rings. The van der Waals surface area contributed by atoms with Crippen molar-refractivity contribution >= 4 is 0 Å². The summed E-state index contributed by atoms with van der Waals surface area (Å²) in [6.45, 7) is 4.04. The number of ether oxygens (including phenoxy) is 1. The Morgan fingerprint density at radius 3 is 3.00 bits per heavy atom. The van der Waals surface area contributed by atoms with Crippen LogP contribution in [-0.2, 0) is 24.1 Å². The highest BCUT2D eigenvalue weighted by Crippen LogP contribution is 2.23. The summed E-state index contributed by atoms with van der Waals surface area (Å²) in [4.78, 5) is 0. The van der Waals surface area contributed by atoms with E-state index in [2.05, 4.69) is 30.4 Å². The third kappa shape index (κ3) is 2.38. The maximum Gasteiger partial charge on any atom is 0.0700 e. The molecule has 2 atom stereocenters. The summed E-state index contributed by atoms with van der Waals surface area (Å²) in [5.41, 5.74) is 4.55. The lowest BCUT2D eigenvalue weighted by molar-refractivity contribution is 0.113. The van der Waals surface area contributed by atoms with Gasteiger partial charge in [-0.05, 0) is 49.3 Å². The quantitative estimate of drug-likeness (QED) is 0.862. The molecule has 3 rings (SSSR count). The molecule has 2 unspecified atom stereocenters. The lowest BCUT2D eigenvalue weighted by atomic mass is 10.1. The van der Waals surface area contributed by atoms with Crippen LogP contribution in [0, 0.1) is 0 Å². The summed E-state index contributed by atoms with van der Waals surface area (Å²) in [6, 6.07) is 7.50. The number of rotatable bonds is 3. The number of hydrogen-bond acceptors (Lipinski definition) is 2. The van der Waals surface area contributed by atoms with Crippen molar-refractivity contribution in [2.45, 2.75) is 51.3 Å².